The topological polar surface area (TPSA) is 24.9 Å². The molecule has 0 saturated heterocycles. The van der Waals surface area contributed by atoms with Gasteiger partial charge in [-0.25, -0.2) is 0 Å². The molecule has 1 aromatic heterocycles. The molecule has 0 saturated carbocycles. The van der Waals surface area contributed by atoms with Gasteiger partial charge in [-0.2, -0.15) is 0 Å². The summed E-state index contributed by atoms with van der Waals surface area (Å²) in [6.07, 6.45) is 4.79. The van der Waals surface area contributed by atoms with E-state index in [0.29, 0.717) is 5.92 Å². The molecule has 1 aromatic rings. The van der Waals surface area contributed by atoms with Crippen LogP contribution in [-0.2, 0) is 6.42 Å². The largest absolute Gasteiger partial charge is 0.316 e. The molecule has 0 radical (unpaired) electrons. The minimum absolute atomic E-state index is 0.0513. The van der Waals surface area contributed by atoms with Gasteiger partial charge in [0.2, 0.25) is 0 Å². The molecule has 0 amide bonds. The lowest BCUT2D eigenvalue weighted by molar-refractivity contribution is 0.374. The Labute approximate surface area is 119 Å². The van der Waals surface area contributed by atoms with Crippen LogP contribution >= 0.6 is 15.9 Å². The molecule has 1 atom stereocenters. The molecule has 100 valence electrons. The third-order valence-corrected chi connectivity index (χ3v) is 3.42. The summed E-state index contributed by atoms with van der Waals surface area (Å²) >= 11 is 3.41. The van der Waals surface area contributed by atoms with Crippen LogP contribution in [-0.4, -0.2) is 18.1 Å². The minimum atomic E-state index is 0.0513. The van der Waals surface area contributed by atoms with Crippen molar-refractivity contribution >= 4 is 15.9 Å². The smallest absolute Gasteiger partial charge is 0.0413 e. The minimum Gasteiger partial charge on any atom is -0.316 e. The Bertz CT molecular complexity index is 373. The highest BCUT2D eigenvalue weighted by Crippen LogP contribution is 2.22. The monoisotopic (exact) mass is 310 g/mol. The quantitative estimate of drug-likeness (QED) is 0.774. The summed E-state index contributed by atoms with van der Waals surface area (Å²) in [5.41, 5.74) is 1.15. The third-order valence-electron chi connectivity index (χ3n) is 2.95. The molecule has 0 fully saturated rings. The maximum absolute atomic E-state index is 4.43. The number of aromatic nitrogens is 1. The third kappa shape index (κ3) is 5.32. The van der Waals surface area contributed by atoms with Gasteiger partial charge in [0.1, 0.15) is 0 Å². The zero-order valence-corrected chi connectivity index (χ0v) is 13.1. The standard InChI is InChI=1S/C15H23BrN2/c1-5-15(4,11-17-9-12(2)3)8-14-7-6-13(16)10-18-14/h5-7,10,12,17H,1,8-9,11H2,2-4H3. The highest BCUT2D eigenvalue weighted by atomic mass is 79.9. The van der Waals surface area contributed by atoms with E-state index in [1.807, 2.05) is 18.3 Å². The Hall–Kier alpha value is -0.670. The second-order valence-electron chi connectivity index (χ2n) is 5.53. The molecular formula is C15H23BrN2. The van der Waals surface area contributed by atoms with Gasteiger partial charge in [0, 0.05) is 28.3 Å². The number of rotatable bonds is 7. The normalized spacial score (nSPS) is 14.5. The molecule has 0 bridgehead atoms. The molecule has 0 aromatic carbocycles. The molecule has 0 aliphatic heterocycles. The second kappa shape index (κ2) is 7.05. The zero-order chi connectivity index (χ0) is 13.6. The van der Waals surface area contributed by atoms with Crippen molar-refractivity contribution in [2.45, 2.75) is 27.2 Å². The first-order chi connectivity index (χ1) is 8.45. The molecule has 1 heterocycles. The molecule has 2 nitrogen and oxygen atoms in total. The molecule has 0 aliphatic rings. The van der Waals surface area contributed by atoms with Crippen molar-refractivity contribution in [2.24, 2.45) is 11.3 Å². The van der Waals surface area contributed by atoms with E-state index >= 15 is 0 Å². The molecule has 0 spiro atoms. The van der Waals surface area contributed by atoms with E-state index in [2.05, 4.69) is 59.6 Å². The van der Waals surface area contributed by atoms with E-state index in [1.54, 1.807) is 0 Å². The van der Waals surface area contributed by atoms with Gasteiger partial charge in [-0.15, -0.1) is 6.58 Å². The summed E-state index contributed by atoms with van der Waals surface area (Å²) in [4.78, 5) is 4.43. The van der Waals surface area contributed by atoms with Crippen LogP contribution in [0, 0.1) is 11.3 Å². The lowest BCUT2D eigenvalue weighted by Gasteiger charge is -2.26. The second-order valence-corrected chi connectivity index (χ2v) is 6.44. The van der Waals surface area contributed by atoms with Crippen LogP contribution in [0.15, 0.2) is 35.5 Å². The Morgan fingerprint density at radius 3 is 2.72 bits per heavy atom. The van der Waals surface area contributed by atoms with Crippen molar-refractivity contribution in [1.82, 2.24) is 10.3 Å². The summed E-state index contributed by atoms with van der Waals surface area (Å²) in [6.45, 7) is 12.6. The van der Waals surface area contributed by atoms with E-state index in [-0.39, 0.29) is 5.41 Å². The first kappa shape index (κ1) is 15.4. The molecule has 3 heteroatoms. The van der Waals surface area contributed by atoms with Crippen molar-refractivity contribution in [2.75, 3.05) is 13.1 Å². The fourth-order valence-electron chi connectivity index (χ4n) is 1.78. The highest BCUT2D eigenvalue weighted by molar-refractivity contribution is 9.10. The van der Waals surface area contributed by atoms with E-state index in [1.165, 1.54) is 0 Å². The van der Waals surface area contributed by atoms with Crippen LogP contribution < -0.4 is 5.32 Å². The molecule has 1 N–H and O–H groups in total. The van der Waals surface area contributed by atoms with Crippen molar-refractivity contribution in [3.8, 4) is 0 Å². The lowest BCUT2D eigenvalue weighted by Crippen LogP contribution is -2.34. The van der Waals surface area contributed by atoms with Crippen LogP contribution in [0.1, 0.15) is 26.5 Å². The first-order valence-corrected chi connectivity index (χ1v) is 7.19. The maximum atomic E-state index is 4.43. The summed E-state index contributed by atoms with van der Waals surface area (Å²) in [7, 11) is 0. The zero-order valence-electron chi connectivity index (χ0n) is 11.5. The van der Waals surface area contributed by atoms with E-state index < -0.39 is 0 Å². The summed E-state index contributed by atoms with van der Waals surface area (Å²) in [5, 5.41) is 3.50. The van der Waals surface area contributed by atoms with Crippen molar-refractivity contribution in [3.63, 3.8) is 0 Å². The van der Waals surface area contributed by atoms with Gasteiger partial charge in [0.25, 0.3) is 0 Å². The number of nitrogens with zero attached hydrogens (tertiary/aromatic N) is 1. The SMILES string of the molecule is C=CC(C)(CNCC(C)C)Cc1ccc(Br)cn1. The van der Waals surface area contributed by atoms with Gasteiger partial charge in [-0.1, -0.05) is 26.8 Å². The van der Waals surface area contributed by atoms with Crippen LogP contribution in [0.25, 0.3) is 0 Å². The molecule has 1 rings (SSSR count). The van der Waals surface area contributed by atoms with Crippen LogP contribution in [0.3, 0.4) is 0 Å². The predicted octanol–water partition coefficient (Wildman–Crippen LogP) is 3.82. The van der Waals surface area contributed by atoms with Gasteiger partial charge in [-0.3, -0.25) is 4.98 Å². The fourth-order valence-corrected chi connectivity index (χ4v) is 2.01. The van der Waals surface area contributed by atoms with Crippen molar-refractivity contribution < 1.29 is 0 Å². The number of nitrogens with one attached hydrogen (secondary N) is 1. The average Bonchev–Trinajstić information content (AvgIpc) is 2.32. The Kier molecular flexibility index (Phi) is 6.03. The number of halogens is 1. The van der Waals surface area contributed by atoms with Crippen molar-refractivity contribution in [1.29, 1.82) is 0 Å². The van der Waals surface area contributed by atoms with E-state index in [9.17, 15) is 0 Å². The Morgan fingerprint density at radius 2 is 2.22 bits per heavy atom. The van der Waals surface area contributed by atoms with Gasteiger partial charge in [-0.05, 0) is 46.9 Å². The molecule has 0 aliphatic carbocycles. The molecule has 18 heavy (non-hydrogen) atoms. The Balaban J connectivity index is 2.58. The van der Waals surface area contributed by atoms with Gasteiger partial charge < -0.3 is 5.32 Å². The number of hydrogen-bond donors (Lipinski definition) is 1. The fraction of sp³-hybridized carbons (Fsp3) is 0.533. The van der Waals surface area contributed by atoms with Gasteiger partial charge >= 0.3 is 0 Å². The lowest BCUT2D eigenvalue weighted by atomic mass is 9.85. The van der Waals surface area contributed by atoms with Crippen molar-refractivity contribution in [3.05, 3.63) is 41.2 Å². The number of pyridine rings is 1. The predicted molar refractivity (Wildman–Crippen MR) is 81.7 cm³/mol. The summed E-state index contributed by atoms with van der Waals surface area (Å²) in [5.74, 6) is 0.671. The highest BCUT2D eigenvalue weighted by Gasteiger charge is 2.21. The summed E-state index contributed by atoms with van der Waals surface area (Å²) in [6, 6.07) is 4.10. The molecule has 1 unspecified atom stereocenters. The van der Waals surface area contributed by atoms with Crippen LogP contribution in [0.2, 0.25) is 0 Å². The molecular weight excluding hydrogens is 288 g/mol. The number of hydrogen-bond acceptors (Lipinski definition) is 2. The van der Waals surface area contributed by atoms with E-state index in [4.69, 9.17) is 0 Å². The van der Waals surface area contributed by atoms with Crippen LogP contribution in [0.5, 0.6) is 0 Å². The van der Waals surface area contributed by atoms with Crippen LogP contribution in [0.4, 0.5) is 0 Å². The maximum Gasteiger partial charge on any atom is 0.0413 e. The summed E-state index contributed by atoms with van der Waals surface area (Å²) < 4.78 is 1.02. The Morgan fingerprint density at radius 1 is 1.50 bits per heavy atom. The average molecular weight is 311 g/mol. The van der Waals surface area contributed by atoms with Gasteiger partial charge in [0.15, 0.2) is 0 Å². The first-order valence-electron chi connectivity index (χ1n) is 6.40. The van der Waals surface area contributed by atoms with E-state index in [0.717, 1.165) is 29.7 Å². The van der Waals surface area contributed by atoms with Gasteiger partial charge in [0.05, 0.1) is 0 Å².